The number of benzene rings is 1. The number of nitriles is 1. The van der Waals surface area contributed by atoms with Gasteiger partial charge in [0.25, 0.3) is 0 Å². The lowest BCUT2D eigenvalue weighted by atomic mass is 9.82. The molecule has 1 aliphatic rings. The summed E-state index contributed by atoms with van der Waals surface area (Å²) >= 11 is 4.34. The summed E-state index contributed by atoms with van der Waals surface area (Å²) in [6.07, 6.45) is 1.50. The van der Waals surface area contributed by atoms with Gasteiger partial charge in [0.15, 0.2) is 0 Å². The van der Waals surface area contributed by atoms with Gasteiger partial charge in [-0.25, -0.2) is 4.79 Å². The van der Waals surface area contributed by atoms with Crippen LogP contribution in [-0.4, -0.2) is 19.7 Å². The zero-order valence-corrected chi connectivity index (χ0v) is 14.4. The van der Waals surface area contributed by atoms with Gasteiger partial charge >= 0.3 is 5.97 Å². The number of esters is 1. The topological polar surface area (TPSA) is 71.3 Å². The van der Waals surface area contributed by atoms with Gasteiger partial charge in [0, 0.05) is 5.70 Å². The first-order valence-corrected chi connectivity index (χ1v) is 7.71. The summed E-state index contributed by atoms with van der Waals surface area (Å²) in [7, 11) is 1.58. The van der Waals surface area contributed by atoms with Gasteiger partial charge in [-0.3, -0.25) is 0 Å². The van der Waals surface area contributed by atoms with Crippen molar-refractivity contribution >= 4 is 18.6 Å². The molecule has 0 spiro atoms. The first kappa shape index (κ1) is 17.7. The Morgan fingerprint density at radius 2 is 2.12 bits per heavy atom. The van der Waals surface area contributed by atoms with Gasteiger partial charge in [0.2, 0.25) is 0 Å². The summed E-state index contributed by atoms with van der Waals surface area (Å²) in [5.41, 5.74) is 2.13. The summed E-state index contributed by atoms with van der Waals surface area (Å²) in [5.74, 6) is -0.348. The van der Waals surface area contributed by atoms with Crippen LogP contribution in [0, 0.1) is 11.3 Å². The summed E-state index contributed by atoms with van der Waals surface area (Å²) in [4.78, 5) is 12.5. The smallest absolute Gasteiger partial charge is 0.337 e. The molecule has 1 aromatic carbocycles. The van der Waals surface area contributed by atoms with Gasteiger partial charge in [-0.15, -0.1) is 12.6 Å². The molecule has 6 heteroatoms. The third-order valence-electron chi connectivity index (χ3n) is 3.66. The second-order valence-corrected chi connectivity index (χ2v) is 5.58. The van der Waals surface area contributed by atoms with Gasteiger partial charge in [0.05, 0.1) is 35.3 Å². The van der Waals surface area contributed by atoms with Crippen molar-refractivity contribution in [3.05, 3.63) is 64.4 Å². The van der Waals surface area contributed by atoms with Crippen molar-refractivity contribution in [3.63, 3.8) is 0 Å². The molecule has 0 fully saturated rings. The molecule has 0 saturated heterocycles. The zero-order chi connectivity index (χ0) is 17.7. The quantitative estimate of drug-likeness (QED) is 0.489. The highest BCUT2D eigenvalue weighted by molar-refractivity contribution is 7.84. The van der Waals surface area contributed by atoms with Gasteiger partial charge in [-0.2, -0.15) is 5.26 Å². The van der Waals surface area contributed by atoms with E-state index < -0.39 is 11.9 Å². The third kappa shape index (κ3) is 3.47. The number of nitrogens with zero attached hydrogens (tertiary/aromatic N) is 1. The zero-order valence-electron chi connectivity index (χ0n) is 13.5. The molecule has 1 N–H and O–H groups in total. The lowest BCUT2D eigenvalue weighted by Gasteiger charge is -2.28. The summed E-state index contributed by atoms with van der Waals surface area (Å²) in [5, 5.41) is 12.9. The maximum absolute atomic E-state index is 12.5. The number of nitrogens with one attached hydrogen (secondary N) is 1. The fourth-order valence-electron chi connectivity index (χ4n) is 2.54. The third-order valence-corrected chi connectivity index (χ3v) is 4.02. The SMILES string of the molecule is C=CCOC(=O)C1=C(C)NC(S)=C(C#N)[C@@H]1c1ccc(OC)cc1. The van der Waals surface area contributed by atoms with Crippen molar-refractivity contribution in [1.29, 1.82) is 5.26 Å². The van der Waals surface area contributed by atoms with E-state index in [-0.39, 0.29) is 6.61 Å². The number of allylic oxidation sites excluding steroid dienone is 2. The predicted octanol–water partition coefficient (Wildman–Crippen LogP) is 3.05. The number of thiol groups is 1. The van der Waals surface area contributed by atoms with Crippen molar-refractivity contribution in [1.82, 2.24) is 5.32 Å². The Morgan fingerprint density at radius 1 is 1.46 bits per heavy atom. The maximum atomic E-state index is 12.5. The molecule has 24 heavy (non-hydrogen) atoms. The van der Waals surface area contributed by atoms with Crippen LogP contribution in [-0.2, 0) is 9.53 Å². The van der Waals surface area contributed by atoms with Gasteiger partial charge in [-0.1, -0.05) is 24.8 Å². The number of dihydropyridines is 1. The predicted molar refractivity (Wildman–Crippen MR) is 94.4 cm³/mol. The van der Waals surface area contributed by atoms with E-state index in [4.69, 9.17) is 9.47 Å². The molecule has 0 radical (unpaired) electrons. The van der Waals surface area contributed by atoms with E-state index in [1.54, 1.807) is 26.2 Å². The minimum atomic E-state index is -0.549. The molecular formula is C18H18N2O3S. The Bertz CT molecular complexity index is 757. The average Bonchev–Trinajstić information content (AvgIpc) is 2.59. The van der Waals surface area contributed by atoms with Crippen molar-refractivity contribution in [2.75, 3.05) is 13.7 Å². The minimum absolute atomic E-state index is 0.101. The average molecular weight is 342 g/mol. The first-order chi connectivity index (χ1) is 11.5. The van der Waals surface area contributed by atoms with Gasteiger partial charge < -0.3 is 14.8 Å². The lowest BCUT2D eigenvalue weighted by molar-refractivity contribution is -0.138. The van der Waals surface area contributed by atoms with Gasteiger partial charge in [-0.05, 0) is 24.6 Å². The number of hydrogen-bond donors (Lipinski definition) is 2. The summed E-state index contributed by atoms with van der Waals surface area (Å²) in [6, 6.07) is 9.35. The Labute approximate surface area is 146 Å². The number of ether oxygens (including phenoxy) is 2. The van der Waals surface area contributed by atoms with Crippen LogP contribution in [0.25, 0.3) is 0 Å². The van der Waals surface area contributed by atoms with E-state index in [9.17, 15) is 10.1 Å². The van der Waals surface area contributed by atoms with Gasteiger partial charge in [0.1, 0.15) is 12.4 Å². The van der Waals surface area contributed by atoms with Crippen LogP contribution in [0.1, 0.15) is 18.4 Å². The first-order valence-electron chi connectivity index (χ1n) is 7.26. The maximum Gasteiger partial charge on any atom is 0.337 e. The highest BCUT2D eigenvalue weighted by Crippen LogP contribution is 2.39. The molecular weight excluding hydrogens is 324 g/mol. The van der Waals surface area contributed by atoms with Crippen LogP contribution >= 0.6 is 12.6 Å². The number of hydrogen-bond acceptors (Lipinski definition) is 6. The van der Waals surface area contributed by atoms with E-state index in [0.29, 0.717) is 27.6 Å². The Hall–Kier alpha value is -2.65. The largest absolute Gasteiger partial charge is 0.497 e. The normalized spacial score (nSPS) is 17.0. The number of carbonyl (C=O) groups is 1. The van der Waals surface area contributed by atoms with Crippen molar-refractivity contribution in [2.24, 2.45) is 0 Å². The van der Waals surface area contributed by atoms with Crippen LogP contribution in [0.5, 0.6) is 5.75 Å². The molecule has 0 bridgehead atoms. The molecule has 1 atom stereocenters. The molecule has 1 heterocycles. The second-order valence-electron chi connectivity index (χ2n) is 5.13. The standard InChI is InChI=1S/C18H18N2O3S/c1-4-9-23-18(21)15-11(2)20-17(24)14(10-19)16(15)12-5-7-13(22-3)8-6-12/h4-8,16,20,24H,1,9H2,2-3H3/t16-/m0/s1. The fourth-order valence-corrected chi connectivity index (χ4v) is 2.89. The summed E-state index contributed by atoms with van der Waals surface area (Å²) < 4.78 is 10.3. The Morgan fingerprint density at radius 3 is 2.67 bits per heavy atom. The van der Waals surface area contributed by atoms with Crippen molar-refractivity contribution < 1.29 is 14.3 Å². The van der Waals surface area contributed by atoms with E-state index in [1.807, 2.05) is 12.1 Å². The highest BCUT2D eigenvalue weighted by atomic mass is 32.1. The number of carbonyl (C=O) groups excluding carboxylic acids is 1. The molecule has 0 aliphatic carbocycles. The van der Waals surface area contributed by atoms with Crippen LogP contribution in [0.2, 0.25) is 0 Å². The van der Waals surface area contributed by atoms with E-state index in [0.717, 1.165) is 5.56 Å². The molecule has 2 rings (SSSR count). The van der Waals surface area contributed by atoms with E-state index in [1.165, 1.54) is 6.08 Å². The molecule has 0 unspecified atom stereocenters. The molecule has 0 saturated carbocycles. The van der Waals surface area contributed by atoms with E-state index >= 15 is 0 Å². The summed E-state index contributed by atoms with van der Waals surface area (Å²) in [6.45, 7) is 5.40. The monoisotopic (exact) mass is 342 g/mol. The second kappa shape index (κ2) is 7.75. The highest BCUT2D eigenvalue weighted by Gasteiger charge is 2.34. The Balaban J connectivity index is 2.52. The number of rotatable bonds is 5. The van der Waals surface area contributed by atoms with Crippen LogP contribution in [0.3, 0.4) is 0 Å². The molecule has 124 valence electrons. The fraction of sp³-hybridized carbons (Fsp3) is 0.222. The molecule has 5 nitrogen and oxygen atoms in total. The van der Waals surface area contributed by atoms with E-state index in [2.05, 4.69) is 30.6 Å². The van der Waals surface area contributed by atoms with Crippen LogP contribution in [0.15, 0.2) is 58.8 Å². The van der Waals surface area contributed by atoms with Crippen molar-refractivity contribution in [2.45, 2.75) is 12.8 Å². The molecule has 0 aromatic heterocycles. The minimum Gasteiger partial charge on any atom is -0.497 e. The molecule has 1 aromatic rings. The molecule has 1 aliphatic heterocycles. The Kier molecular flexibility index (Phi) is 5.72. The number of methoxy groups -OCH3 is 1. The van der Waals surface area contributed by atoms with Crippen LogP contribution < -0.4 is 10.1 Å². The van der Waals surface area contributed by atoms with Crippen LogP contribution in [0.4, 0.5) is 0 Å². The van der Waals surface area contributed by atoms with Crippen molar-refractivity contribution in [3.8, 4) is 11.8 Å². The lowest BCUT2D eigenvalue weighted by Crippen LogP contribution is -2.28. The molecule has 0 amide bonds.